The van der Waals surface area contributed by atoms with Crippen molar-refractivity contribution in [3.63, 3.8) is 0 Å². The zero-order valence-electron chi connectivity index (χ0n) is 15.2. The van der Waals surface area contributed by atoms with Crippen LogP contribution in [-0.4, -0.2) is 67.6 Å². The summed E-state index contributed by atoms with van der Waals surface area (Å²) in [6.07, 6.45) is 0.616. The summed E-state index contributed by atoms with van der Waals surface area (Å²) in [5, 5.41) is 11.6. The minimum absolute atomic E-state index is 0.0146. The number of nitriles is 1. The van der Waals surface area contributed by atoms with Gasteiger partial charge in [0.2, 0.25) is 11.8 Å². The first-order valence-corrected chi connectivity index (χ1v) is 8.90. The van der Waals surface area contributed by atoms with E-state index in [1.54, 1.807) is 17.0 Å². The van der Waals surface area contributed by atoms with Gasteiger partial charge in [-0.3, -0.25) is 14.5 Å². The van der Waals surface area contributed by atoms with Gasteiger partial charge in [-0.05, 0) is 17.7 Å². The topological polar surface area (TPSA) is 85.7 Å². The molecule has 7 nitrogen and oxygen atoms in total. The lowest BCUT2D eigenvalue weighted by molar-refractivity contribution is -0.130. The van der Waals surface area contributed by atoms with Crippen LogP contribution in [0.5, 0.6) is 0 Å². The Bertz CT molecular complexity index is 633. The largest absolute Gasteiger partial charge is 0.379 e. The number of benzene rings is 1. The van der Waals surface area contributed by atoms with Crippen molar-refractivity contribution < 1.29 is 14.3 Å². The summed E-state index contributed by atoms with van der Waals surface area (Å²) in [6, 6.07) is 9.37. The van der Waals surface area contributed by atoms with Crippen molar-refractivity contribution in [2.45, 2.75) is 19.8 Å². The molecule has 0 aromatic heterocycles. The van der Waals surface area contributed by atoms with E-state index in [0.717, 1.165) is 38.4 Å². The van der Waals surface area contributed by atoms with Gasteiger partial charge in [0, 0.05) is 45.3 Å². The molecular weight excluding hydrogens is 332 g/mol. The van der Waals surface area contributed by atoms with Gasteiger partial charge in [-0.25, -0.2) is 0 Å². The Kier molecular flexibility index (Phi) is 8.06. The van der Waals surface area contributed by atoms with Crippen molar-refractivity contribution in [1.29, 1.82) is 5.26 Å². The van der Waals surface area contributed by atoms with Gasteiger partial charge in [-0.15, -0.1) is 0 Å². The summed E-state index contributed by atoms with van der Waals surface area (Å²) >= 11 is 0. The maximum absolute atomic E-state index is 12.7. The van der Waals surface area contributed by atoms with Gasteiger partial charge < -0.3 is 15.0 Å². The molecule has 1 fully saturated rings. The molecule has 1 heterocycles. The van der Waals surface area contributed by atoms with E-state index in [2.05, 4.69) is 16.3 Å². The number of amides is 2. The fraction of sp³-hybridized carbons (Fsp3) is 0.526. The maximum atomic E-state index is 12.7. The molecule has 0 aliphatic carbocycles. The van der Waals surface area contributed by atoms with Crippen LogP contribution in [0.3, 0.4) is 0 Å². The Morgan fingerprint density at radius 2 is 1.92 bits per heavy atom. The number of anilines is 1. The first-order valence-electron chi connectivity index (χ1n) is 8.90. The van der Waals surface area contributed by atoms with E-state index in [1.807, 2.05) is 12.1 Å². The highest BCUT2D eigenvalue weighted by Gasteiger charge is 2.17. The zero-order valence-corrected chi connectivity index (χ0v) is 15.2. The average Bonchev–Trinajstić information content (AvgIpc) is 2.64. The van der Waals surface area contributed by atoms with Crippen LogP contribution in [0, 0.1) is 11.3 Å². The molecule has 1 N–H and O–H groups in total. The van der Waals surface area contributed by atoms with Gasteiger partial charge in [0.15, 0.2) is 0 Å². The Morgan fingerprint density at radius 1 is 1.23 bits per heavy atom. The highest BCUT2D eigenvalue weighted by Crippen LogP contribution is 2.11. The molecule has 1 aromatic carbocycles. The van der Waals surface area contributed by atoms with Crippen molar-refractivity contribution >= 4 is 17.5 Å². The molecule has 0 saturated carbocycles. The van der Waals surface area contributed by atoms with E-state index in [1.165, 1.54) is 6.92 Å². The third-order valence-electron chi connectivity index (χ3n) is 4.27. The average molecular weight is 358 g/mol. The molecule has 0 spiro atoms. The van der Waals surface area contributed by atoms with E-state index in [0.29, 0.717) is 25.2 Å². The lowest BCUT2D eigenvalue weighted by atomic mass is 10.1. The normalized spacial score (nSPS) is 14.5. The maximum Gasteiger partial charge on any atom is 0.227 e. The molecule has 2 rings (SSSR count). The monoisotopic (exact) mass is 358 g/mol. The van der Waals surface area contributed by atoms with Gasteiger partial charge in [0.1, 0.15) is 0 Å². The molecule has 1 aliphatic rings. The second kappa shape index (κ2) is 10.5. The van der Waals surface area contributed by atoms with Crippen LogP contribution in [0.2, 0.25) is 0 Å². The lowest BCUT2D eigenvalue weighted by Gasteiger charge is -2.30. The SMILES string of the molecule is CC(=O)Nc1ccc(CC(=O)N(CCC#N)CCN2CCOCC2)cc1. The number of morpholine rings is 1. The lowest BCUT2D eigenvalue weighted by Crippen LogP contribution is -2.43. The van der Waals surface area contributed by atoms with E-state index in [4.69, 9.17) is 10.00 Å². The molecule has 2 amide bonds. The van der Waals surface area contributed by atoms with Gasteiger partial charge in [0.25, 0.3) is 0 Å². The number of ether oxygens (including phenoxy) is 1. The number of rotatable bonds is 8. The van der Waals surface area contributed by atoms with Gasteiger partial charge in [-0.2, -0.15) is 5.26 Å². The molecule has 0 atom stereocenters. The minimum Gasteiger partial charge on any atom is -0.379 e. The van der Waals surface area contributed by atoms with Crippen LogP contribution >= 0.6 is 0 Å². The molecule has 1 saturated heterocycles. The quantitative estimate of drug-likeness (QED) is 0.756. The second-order valence-electron chi connectivity index (χ2n) is 6.30. The molecule has 7 heteroatoms. The Labute approximate surface area is 154 Å². The van der Waals surface area contributed by atoms with Crippen LogP contribution in [0.15, 0.2) is 24.3 Å². The predicted molar refractivity (Wildman–Crippen MR) is 98.5 cm³/mol. The number of nitrogens with zero attached hydrogens (tertiary/aromatic N) is 3. The Hall–Kier alpha value is -2.43. The van der Waals surface area contributed by atoms with Crippen molar-refractivity contribution in [2.75, 3.05) is 51.3 Å². The third-order valence-corrected chi connectivity index (χ3v) is 4.27. The molecule has 140 valence electrons. The molecule has 0 unspecified atom stereocenters. The number of carbonyl (C=O) groups excluding carboxylic acids is 2. The number of carbonyl (C=O) groups is 2. The van der Waals surface area contributed by atoms with Crippen molar-refractivity contribution in [3.05, 3.63) is 29.8 Å². The van der Waals surface area contributed by atoms with E-state index >= 15 is 0 Å². The fourth-order valence-electron chi connectivity index (χ4n) is 2.83. The van der Waals surface area contributed by atoms with Crippen molar-refractivity contribution in [2.24, 2.45) is 0 Å². The molecular formula is C19H26N4O3. The van der Waals surface area contributed by atoms with Crippen LogP contribution in [0.25, 0.3) is 0 Å². The van der Waals surface area contributed by atoms with Crippen molar-refractivity contribution in [1.82, 2.24) is 9.80 Å². The molecule has 0 radical (unpaired) electrons. The summed E-state index contributed by atoms with van der Waals surface area (Å²) < 4.78 is 5.34. The molecule has 1 aromatic rings. The predicted octanol–water partition coefficient (Wildman–Crippen LogP) is 1.26. The highest BCUT2D eigenvalue weighted by atomic mass is 16.5. The van der Waals surface area contributed by atoms with Gasteiger partial charge >= 0.3 is 0 Å². The Balaban J connectivity index is 1.90. The van der Waals surface area contributed by atoms with E-state index in [9.17, 15) is 9.59 Å². The second-order valence-corrected chi connectivity index (χ2v) is 6.30. The molecule has 1 aliphatic heterocycles. The minimum atomic E-state index is -0.125. The standard InChI is InChI=1S/C19H26N4O3/c1-16(24)21-18-5-3-17(4-6-18)15-19(25)23(8-2-7-20)10-9-22-11-13-26-14-12-22/h3-6H,2,8-15H2,1H3,(H,21,24). The summed E-state index contributed by atoms with van der Waals surface area (Å²) in [7, 11) is 0. The van der Waals surface area contributed by atoms with Crippen LogP contribution in [-0.2, 0) is 20.7 Å². The first-order chi connectivity index (χ1) is 12.6. The number of nitrogens with one attached hydrogen (secondary N) is 1. The Morgan fingerprint density at radius 3 is 2.54 bits per heavy atom. The first kappa shape index (κ1) is 19.9. The number of hydrogen-bond acceptors (Lipinski definition) is 5. The van der Waals surface area contributed by atoms with Crippen LogP contribution in [0.1, 0.15) is 18.9 Å². The summed E-state index contributed by atoms with van der Waals surface area (Å²) in [5.41, 5.74) is 1.60. The smallest absolute Gasteiger partial charge is 0.227 e. The molecule has 26 heavy (non-hydrogen) atoms. The van der Waals surface area contributed by atoms with E-state index in [-0.39, 0.29) is 18.2 Å². The highest BCUT2D eigenvalue weighted by molar-refractivity contribution is 5.88. The molecule has 0 bridgehead atoms. The summed E-state index contributed by atoms with van der Waals surface area (Å²) in [6.45, 7) is 6.53. The van der Waals surface area contributed by atoms with Gasteiger partial charge in [-0.1, -0.05) is 12.1 Å². The fourth-order valence-corrected chi connectivity index (χ4v) is 2.83. The summed E-state index contributed by atoms with van der Waals surface area (Å²) in [4.78, 5) is 27.8. The van der Waals surface area contributed by atoms with Crippen LogP contribution in [0.4, 0.5) is 5.69 Å². The van der Waals surface area contributed by atoms with Crippen molar-refractivity contribution in [3.8, 4) is 6.07 Å². The summed E-state index contributed by atoms with van der Waals surface area (Å²) in [5.74, 6) is -0.111. The van der Waals surface area contributed by atoms with E-state index < -0.39 is 0 Å². The van der Waals surface area contributed by atoms with Gasteiger partial charge in [0.05, 0.1) is 32.1 Å². The number of hydrogen-bond donors (Lipinski definition) is 1. The zero-order chi connectivity index (χ0) is 18.8. The van der Waals surface area contributed by atoms with Crippen LogP contribution < -0.4 is 5.32 Å². The third kappa shape index (κ3) is 6.82.